The van der Waals surface area contributed by atoms with E-state index in [-0.39, 0.29) is 22.6 Å². The molecule has 0 aromatic heterocycles. The van der Waals surface area contributed by atoms with Crippen molar-refractivity contribution < 1.29 is 19.4 Å². The number of carbonyl (C=O) groups excluding carboxylic acids is 1. The highest BCUT2D eigenvalue weighted by Crippen LogP contribution is 2.22. The standard InChI is InChI=1S/C18H18ClNO4/c1-3-11(2)24-14-6-4-5-12(9-14)17(21)20-13-7-8-15(18(22)23)16(19)10-13/h4-11H,3H2,1-2H3,(H,20,21)(H,22,23). The largest absolute Gasteiger partial charge is 0.491 e. The molecule has 0 heterocycles. The van der Waals surface area contributed by atoms with Crippen molar-refractivity contribution in [2.75, 3.05) is 5.32 Å². The Morgan fingerprint density at radius 2 is 2.00 bits per heavy atom. The van der Waals surface area contributed by atoms with Crippen LogP contribution in [0, 0.1) is 0 Å². The van der Waals surface area contributed by atoms with Crippen LogP contribution in [0.25, 0.3) is 0 Å². The fourth-order valence-electron chi connectivity index (χ4n) is 2.00. The number of carbonyl (C=O) groups is 2. The molecule has 1 amide bonds. The molecule has 0 spiro atoms. The van der Waals surface area contributed by atoms with Crippen LogP contribution >= 0.6 is 11.6 Å². The summed E-state index contributed by atoms with van der Waals surface area (Å²) in [7, 11) is 0. The van der Waals surface area contributed by atoms with Crippen molar-refractivity contribution in [3.8, 4) is 5.75 Å². The number of carboxylic acid groups (broad SMARTS) is 1. The second kappa shape index (κ2) is 7.84. The van der Waals surface area contributed by atoms with Gasteiger partial charge in [0.25, 0.3) is 5.91 Å². The number of nitrogens with one attached hydrogen (secondary N) is 1. The number of aromatic carboxylic acids is 1. The molecule has 2 rings (SSSR count). The molecule has 6 heteroatoms. The highest BCUT2D eigenvalue weighted by Gasteiger charge is 2.12. The first kappa shape index (κ1) is 17.8. The van der Waals surface area contributed by atoms with Gasteiger partial charge in [0.15, 0.2) is 0 Å². The molecule has 0 fully saturated rings. The van der Waals surface area contributed by atoms with Crippen LogP contribution in [0.5, 0.6) is 5.75 Å². The minimum absolute atomic E-state index is 0.0152. The van der Waals surface area contributed by atoms with Gasteiger partial charge in [0.2, 0.25) is 0 Å². The second-order valence-corrected chi connectivity index (χ2v) is 5.73. The fourth-order valence-corrected chi connectivity index (χ4v) is 2.26. The van der Waals surface area contributed by atoms with Crippen LogP contribution in [0.3, 0.4) is 0 Å². The molecular weight excluding hydrogens is 330 g/mol. The summed E-state index contributed by atoms with van der Waals surface area (Å²) in [6.45, 7) is 3.98. The lowest BCUT2D eigenvalue weighted by Gasteiger charge is -2.13. The number of anilines is 1. The summed E-state index contributed by atoms with van der Waals surface area (Å²) < 4.78 is 5.70. The Bertz CT molecular complexity index is 760. The SMILES string of the molecule is CCC(C)Oc1cccc(C(=O)Nc2ccc(C(=O)O)c(Cl)c2)c1. The van der Waals surface area contributed by atoms with E-state index in [1.54, 1.807) is 24.3 Å². The number of ether oxygens (including phenoxy) is 1. The lowest BCUT2D eigenvalue weighted by atomic mass is 10.1. The van der Waals surface area contributed by atoms with Crippen LogP contribution in [0.2, 0.25) is 5.02 Å². The Kier molecular flexibility index (Phi) is 5.82. The number of rotatable bonds is 6. The molecule has 24 heavy (non-hydrogen) atoms. The van der Waals surface area contributed by atoms with Gasteiger partial charge in [-0.05, 0) is 49.7 Å². The maximum atomic E-state index is 12.3. The molecule has 1 atom stereocenters. The summed E-state index contributed by atoms with van der Waals surface area (Å²) in [4.78, 5) is 23.3. The fraction of sp³-hybridized carbons (Fsp3) is 0.222. The minimum Gasteiger partial charge on any atom is -0.491 e. The van der Waals surface area contributed by atoms with E-state index >= 15 is 0 Å². The molecule has 0 saturated heterocycles. The van der Waals surface area contributed by atoms with Crippen LogP contribution in [-0.2, 0) is 0 Å². The van der Waals surface area contributed by atoms with E-state index in [2.05, 4.69) is 5.32 Å². The maximum absolute atomic E-state index is 12.3. The van der Waals surface area contributed by atoms with E-state index in [1.807, 2.05) is 13.8 Å². The zero-order chi connectivity index (χ0) is 17.7. The number of carboxylic acids is 1. The Balaban J connectivity index is 2.14. The van der Waals surface area contributed by atoms with Crippen molar-refractivity contribution >= 4 is 29.2 Å². The summed E-state index contributed by atoms with van der Waals surface area (Å²) in [6, 6.07) is 11.1. The summed E-state index contributed by atoms with van der Waals surface area (Å²) >= 11 is 5.90. The van der Waals surface area contributed by atoms with E-state index in [0.29, 0.717) is 17.0 Å². The van der Waals surface area contributed by atoms with Gasteiger partial charge in [0, 0.05) is 11.3 Å². The summed E-state index contributed by atoms with van der Waals surface area (Å²) in [5.41, 5.74) is 0.844. The summed E-state index contributed by atoms with van der Waals surface area (Å²) in [5.74, 6) is -0.826. The van der Waals surface area contributed by atoms with Gasteiger partial charge in [0.1, 0.15) is 5.75 Å². The first-order valence-corrected chi connectivity index (χ1v) is 7.89. The first-order valence-electron chi connectivity index (χ1n) is 7.51. The van der Waals surface area contributed by atoms with Gasteiger partial charge in [-0.1, -0.05) is 24.6 Å². The van der Waals surface area contributed by atoms with Crippen LogP contribution in [0.1, 0.15) is 41.0 Å². The Labute approximate surface area is 145 Å². The third-order valence-corrected chi connectivity index (χ3v) is 3.78. The van der Waals surface area contributed by atoms with Gasteiger partial charge < -0.3 is 15.2 Å². The first-order chi connectivity index (χ1) is 11.4. The van der Waals surface area contributed by atoms with Crippen LogP contribution in [-0.4, -0.2) is 23.1 Å². The molecule has 2 aromatic carbocycles. The zero-order valence-electron chi connectivity index (χ0n) is 13.4. The van der Waals surface area contributed by atoms with E-state index < -0.39 is 5.97 Å². The maximum Gasteiger partial charge on any atom is 0.337 e. The minimum atomic E-state index is -1.12. The van der Waals surface area contributed by atoms with Gasteiger partial charge in [-0.25, -0.2) is 4.79 Å². The number of halogens is 1. The highest BCUT2D eigenvalue weighted by atomic mass is 35.5. The molecule has 2 N–H and O–H groups in total. The van der Waals surface area contributed by atoms with E-state index in [9.17, 15) is 9.59 Å². The van der Waals surface area contributed by atoms with Crippen molar-refractivity contribution in [3.63, 3.8) is 0 Å². The predicted octanol–water partition coefficient (Wildman–Crippen LogP) is 4.47. The summed E-state index contributed by atoms with van der Waals surface area (Å²) in [6.07, 6.45) is 0.927. The van der Waals surface area contributed by atoms with E-state index in [4.69, 9.17) is 21.4 Å². The highest BCUT2D eigenvalue weighted by molar-refractivity contribution is 6.33. The lowest BCUT2D eigenvalue weighted by Crippen LogP contribution is -2.13. The van der Waals surface area contributed by atoms with Crippen molar-refractivity contribution in [2.45, 2.75) is 26.4 Å². The van der Waals surface area contributed by atoms with Gasteiger partial charge >= 0.3 is 5.97 Å². The van der Waals surface area contributed by atoms with Crippen molar-refractivity contribution in [3.05, 3.63) is 58.6 Å². The molecule has 1 unspecified atom stereocenters. The summed E-state index contributed by atoms with van der Waals surface area (Å²) in [5, 5.41) is 11.7. The number of hydrogen-bond donors (Lipinski definition) is 2. The zero-order valence-corrected chi connectivity index (χ0v) is 14.1. The number of hydrogen-bond acceptors (Lipinski definition) is 3. The second-order valence-electron chi connectivity index (χ2n) is 5.32. The predicted molar refractivity (Wildman–Crippen MR) is 93.2 cm³/mol. The molecule has 0 radical (unpaired) electrons. The number of benzene rings is 2. The lowest BCUT2D eigenvalue weighted by molar-refractivity contribution is 0.0697. The Morgan fingerprint density at radius 1 is 1.25 bits per heavy atom. The van der Waals surface area contributed by atoms with Crippen molar-refractivity contribution in [1.82, 2.24) is 0 Å². The third-order valence-electron chi connectivity index (χ3n) is 3.47. The molecule has 5 nitrogen and oxygen atoms in total. The molecule has 2 aromatic rings. The topological polar surface area (TPSA) is 75.6 Å². The van der Waals surface area contributed by atoms with Gasteiger partial charge in [-0.3, -0.25) is 4.79 Å². The van der Waals surface area contributed by atoms with E-state index in [1.165, 1.54) is 18.2 Å². The molecule has 126 valence electrons. The molecule has 0 aliphatic carbocycles. The van der Waals surface area contributed by atoms with Crippen molar-refractivity contribution in [2.24, 2.45) is 0 Å². The normalized spacial score (nSPS) is 11.6. The van der Waals surface area contributed by atoms with E-state index in [0.717, 1.165) is 6.42 Å². The molecule has 0 aliphatic rings. The molecule has 0 aliphatic heterocycles. The third kappa shape index (κ3) is 4.49. The van der Waals surface area contributed by atoms with Crippen LogP contribution < -0.4 is 10.1 Å². The average molecular weight is 348 g/mol. The van der Waals surface area contributed by atoms with Crippen molar-refractivity contribution in [1.29, 1.82) is 0 Å². The Hall–Kier alpha value is -2.53. The molecule has 0 saturated carbocycles. The molecular formula is C18H18ClNO4. The Morgan fingerprint density at radius 3 is 2.62 bits per heavy atom. The van der Waals surface area contributed by atoms with Crippen LogP contribution in [0.15, 0.2) is 42.5 Å². The van der Waals surface area contributed by atoms with Gasteiger partial charge in [-0.15, -0.1) is 0 Å². The molecule has 0 bridgehead atoms. The monoisotopic (exact) mass is 347 g/mol. The van der Waals surface area contributed by atoms with Gasteiger partial charge in [-0.2, -0.15) is 0 Å². The average Bonchev–Trinajstić information content (AvgIpc) is 2.54. The van der Waals surface area contributed by atoms with Crippen LogP contribution in [0.4, 0.5) is 5.69 Å². The smallest absolute Gasteiger partial charge is 0.337 e. The number of amides is 1. The quantitative estimate of drug-likeness (QED) is 0.808. The van der Waals surface area contributed by atoms with Gasteiger partial charge in [0.05, 0.1) is 16.7 Å².